The van der Waals surface area contributed by atoms with E-state index in [1.54, 1.807) is 6.20 Å². The minimum atomic E-state index is 0.496. The summed E-state index contributed by atoms with van der Waals surface area (Å²) in [6, 6.07) is 2.47. The molecule has 11 heavy (non-hydrogen) atoms. The number of nitrogens with one attached hydrogen (secondary N) is 1. The lowest BCUT2D eigenvalue weighted by Crippen LogP contribution is -2.08. The zero-order chi connectivity index (χ0) is 7.84. The summed E-state index contributed by atoms with van der Waals surface area (Å²) in [4.78, 5) is 4.17. The Labute approximate surface area is 70.6 Å². The lowest BCUT2D eigenvalue weighted by molar-refractivity contribution is 0.838. The molecule has 1 aliphatic heterocycles. The van der Waals surface area contributed by atoms with Crippen LogP contribution in [0.5, 0.6) is 0 Å². The molecule has 0 aromatic carbocycles. The van der Waals surface area contributed by atoms with Crippen LogP contribution in [0.1, 0.15) is 12.5 Å². The van der Waals surface area contributed by atoms with E-state index < -0.39 is 0 Å². The van der Waals surface area contributed by atoms with Crippen LogP contribution in [0.25, 0.3) is 0 Å². The van der Waals surface area contributed by atoms with Gasteiger partial charge in [0.2, 0.25) is 0 Å². The largest absolute Gasteiger partial charge is 0.367 e. The van der Waals surface area contributed by atoms with Gasteiger partial charge in [0.15, 0.2) is 0 Å². The van der Waals surface area contributed by atoms with Gasteiger partial charge in [-0.25, -0.2) is 4.98 Å². The van der Waals surface area contributed by atoms with E-state index in [0.29, 0.717) is 6.04 Å². The van der Waals surface area contributed by atoms with E-state index in [0.717, 1.165) is 17.3 Å². The van der Waals surface area contributed by atoms with E-state index in [1.807, 2.05) is 6.07 Å². The minimum Gasteiger partial charge on any atom is -0.367 e. The standard InChI is InChI=1S/C8H9ClN2/c1-5-2-6-3-7(9)4-10-8(6)11-5/h3-5H,2H2,1H3,(H,10,11). The summed E-state index contributed by atoms with van der Waals surface area (Å²) in [6.07, 6.45) is 2.70. The van der Waals surface area contributed by atoms with Crippen LogP contribution in [-0.2, 0) is 6.42 Å². The average molecular weight is 169 g/mol. The first-order chi connectivity index (χ1) is 5.25. The molecule has 2 heterocycles. The van der Waals surface area contributed by atoms with Gasteiger partial charge < -0.3 is 5.32 Å². The Morgan fingerprint density at radius 2 is 2.55 bits per heavy atom. The molecule has 58 valence electrons. The lowest BCUT2D eigenvalue weighted by atomic mass is 10.2. The third-order valence-corrected chi connectivity index (χ3v) is 2.05. The van der Waals surface area contributed by atoms with Crippen LogP contribution in [0.15, 0.2) is 12.3 Å². The molecule has 0 aliphatic carbocycles. The van der Waals surface area contributed by atoms with Gasteiger partial charge in [-0.3, -0.25) is 0 Å². The number of hydrogen-bond donors (Lipinski definition) is 1. The van der Waals surface area contributed by atoms with Gasteiger partial charge in [0.05, 0.1) is 5.02 Å². The first kappa shape index (κ1) is 6.92. The monoisotopic (exact) mass is 168 g/mol. The van der Waals surface area contributed by atoms with Crippen LogP contribution in [0, 0.1) is 0 Å². The van der Waals surface area contributed by atoms with E-state index in [1.165, 1.54) is 5.56 Å². The summed E-state index contributed by atoms with van der Waals surface area (Å²) < 4.78 is 0. The van der Waals surface area contributed by atoms with Gasteiger partial charge >= 0.3 is 0 Å². The summed E-state index contributed by atoms with van der Waals surface area (Å²) >= 11 is 5.78. The van der Waals surface area contributed by atoms with Crippen LogP contribution in [0.3, 0.4) is 0 Å². The quantitative estimate of drug-likeness (QED) is 0.642. The molecule has 1 aliphatic rings. The van der Waals surface area contributed by atoms with Gasteiger partial charge in [0.1, 0.15) is 5.82 Å². The summed E-state index contributed by atoms with van der Waals surface area (Å²) in [6.45, 7) is 2.13. The van der Waals surface area contributed by atoms with Crippen molar-refractivity contribution in [3.05, 3.63) is 22.8 Å². The number of fused-ring (bicyclic) bond motifs is 1. The summed E-state index contributed by atoms with van der Waals surface area (Å²) in [5, 5.41) is 3.98. The second-order valence-electron chi connectivity index (χ2n) is 2.91. The smallest absolute Gasteiger partial charge is 0.129 e. The third-order valence-electron chi connectivity index (χ3n) is 1.84. The Kier molecular flexibility index (Phi) is 1.50. The van der Waals surface area contributed by atoms with Crippen LogP contribution < -0.4 is 5.32 Å². The maximum Gasteiger partial charge on any atom is 0.129 e. The summed E-state index contributed by atoms with van der Waals surface area (Å²) in [5.74, 6) is 0.988. The highest BCUT2D eigenvalue weighted by molar-refractivity contribution is 6.30. The molecule has 1 aromatic heterocycles. The highest BCUT2D eigenvalue weighted by Gasteiger charge is 2.17. The number of hydrogen-bond acceptors (Lipinski definition) is 2. The number of nitrogens with zero attached hydrogens (tertiary/aromatic N) is 1. The lowest BCUT2D eigenvalue weighted by Gasteiger charge is -1.99. The summed E-state index contributed by atoms with van der Waals surface area (Å²) in [7, 11) is 0. The number of pyridine rings is 1. The van der Waals surface area contributed by atoms with Gasteiger partial charge in [0.25, 0.3) is 0 Å². The van der Waals surface area contributed by atoms with Gasteiger partial charge in [-0.15, -0.1) is 0 Å². The van der Waals surface area contributed by atoms with E-state index in [-0.39, 0.29) is 0 Å². The Hall–Kier alpha value is -0.760. The Morgan fingerprint density at radius 1 is 1.73 bits per heavy atom. The van der Waals surface area contributed by atoms with Crippen LogP contribution in [-0.4, -0.2) is 11.0 Å². The molecule has 1 atom stereocenters. The first-order valence-electron chi connectivity index (χ1n) is 3.66. The van der Waals surface area contributed by atoms with Crippen molar-refractivity contribution < 1.29 is 0 Å². The van der Waals surface area contributed by atoms with Crippen molar-refractivity contribution in [1.29, 1.82) is 0 Å². The highest BCUT2D eigenvalue weighted by Crippen LogP contribution is 2.25. The van der Waals surface area contributed by atoms with Gasteiger partial charge in [0, 0.05) is 12.2 Å². The van der Waals surface area contributed by atoms with Crippen molar-refractivity contribution >= 4 is 17.4 Å². The Morgan fingerprint density at radius 3 is 3.36 bits per heavy atom. The van der Waals surface area contributed by atoms with Crippen molar-refractivity contribution in [3.8, 4) is 0 Å². The molecule has 1 N–H and O–H groups in total. The van der Waals surface area contributed by atoms with E-state index in [4.69, 9.17) is 11.6 Å². The summed E-state index contributed by atoms with van der Waals surface area (Å²) in [5.41, 5.74) is 1.23. The maximum atomic E-state index is 5.78. The maximum absolute atomic E-state index is 5.78. The fourth-order valence-corrected chi connectivity index (χ4v) is 1.56. The van der Waals surface area contributed by atoms with E-state index in [9.17, 15) is 0 Å². The normalized spacial score (nSPS) is 21.1. The number of aromatic nitrogens is 1. The van der Waals surface area contributed by atoms with Crippen LogP contribution >= 0.6 is 11.6 Å². The molecular formula is C8H9ClN2. The average Bonchev–Trinajstić information content (AvgIpc) is 2.27. The predicted molar refractivity (Wildman–Crippen MR) is 46.0 cm³/mol. The Balaban J connectivity index is 2.43. The van der Waals surface area contributed by atoms with Crippen molar-refractivity contribution in [2.75, 3.05) is 5.32 Å². The van der Waals surface area contributed by atoms with Crippen molar-refractivity contribution in [3.63, 3.8) is 0 Å². The second kappa shape index (κ2) is 2.38. The molecule has 0 saturated heterocycles. The predicted octanol–water partition coefficient (Wildman–Crippen LogP) is 2.09. The van der Waals surface area contributed by atoms with Gasteiger partial charge in [-0.1, -0.05) is 11.6 Å². The second-order valence-corrected chi connectivity index (χ2v) is 3.35. The van der Waals surface area contributed by atoms with Crippen molar-refractivity contribution in [2.24, 2.45) is 0 Å². The minimum absolute atomic E-state index is 0.496. The zero-order valence-corrected chi connectivity index (χ0v) is 7.02. The van der Waals surface area contributed by atoms with Gasteiger partial charge in [-0.05, 0) is 25.0 Å². The fourth-order valence-electron chi connectivity index (χ4n) is 1.38. The van der Waals surface area contributed by atoms with Crippen LogP contribution in [0.4, 0.5) is 5.82 Å². The zero-order valence-electron chi connectivity index (χ0n) is 6.26. The number of halogens is 1. The molecule has 0 bridgehead atoms. The molecule has 0 spiro atoms. The fraction of sp³-hybridized carbons (Fsp3) is 0.375. The van der Waals surface area contributed by atoms with E-state index in [2.05, 4.69) is 17.2 Å². The molecular weight excluding hydrogens is 160 g/mol. The molecule has 1 unspecified atom stereocenters. The third kappa shape index (κ3) is 1.18. The van der Waals surface area contributed by atoms with Crippen molar-refractivity contribution in [1.82, 2.24) is 4.98 Å². The molecule has 0 saturated carbocycles. The Bertz CT molecular complexity index is 285. The molecule has 3 heteroatoms. The molecule has 2 rings (SSSR count). The van der Waals surface area contributed by atoms with Crippen molar-refractivity contribution in [2.45, 2.75) is 19.4 Å². The van der Waals surface area contributed by atoms with Gasteiger partial charge in [-0.2, -0.15) is 0 Å². The number of anilines is 1. The molecule has 0 amide bonds. The van der Waals surface area contributed by atoms with E-state index >= 15 is 0 Å². The first-order valence-corrected chi connectivity index (χ1v) is 4.04. The van der Waals surface area contributed by atoms with Crippen LogP contribution in [0.2, 0.25) is 5.02 Å². The molecule has 2 nitrogen and oxygen atoms in total. The number of rotatable bonds is 0. The topological polar surface area (TPSA) is 24.9 Å². The highest BCUT2D eigenvalue weighted by atomic mass is 35.5. The molecule has 1 aromatic rings. The SMILES string of the molecule is CC1Cc2cc(Cl)cnc2N1. The molecule has 0 fully saturated rings. The molecule has 0 radical (unpaired) electrons.